The van der Waals surface area contributed by atoms with E-state index in [9.17, 15) is 19.4 Å². The minimum Gasteiger partial charge on any atom is -0.756 e. The van der Waals surface area contributed by atoms with Gasteiger partial charge in [-0.25, -0.2) is 0 Å². The molecular formula is C34H67NO6P-. The number of unbranched alkanes of at least 4 members (excludes halogenated alkanes) is 23. The smallest absolute Gasteiger partial charge is 0.265 e. The van der Waals surface area contributed by atoms with Crippen molar-refractivity contribution in [3.63, 3.8) is 0 Å². The third kappa shape index (κ3) is 30.7. The molecule has 0 aliphatic heterocycles. The van der Waals surface area contributed by atoms with Crippen LogP contribution in [0, 0.1) is 0 Å². The minimum atomic E-state index is -4.95. The summed E-state index contributed by atoms with van der Waals surface area (Å²) in [5, 5.41) is 13.3. The molecule has 250 valence electrons. The zero-order chi connectivity index (χ0) is 31.2. The zero-order valence-corrected chi connectivity index (χ0v) is 28.3. The van der Waals surface area contributed by atoms with E-state index >= 15 is 0 Å². The topological polar surface area (TPSA) is 119 Å². The molecule has 0 aromatic rings. The van der Waals surface area contributed by atoms with Gasteiger partial charge in [0, 0.05) is 6.42 Å². The van der Waals surface area contributed by atoms with E-state index in [4.69, 9.17) is 4.89 Å². The molecule has 7 nitrogen and oxygen atoms in total. The van der Waals surface area contributed by atoms with Gasteiger partial charge in [-0.1, -0.05) is 167 Å². The fourth-order valence-electron chi connectivity index (χ4n) is 5.28. The molecule has 0 saturated carbocycles. The van der Waals surface area contributed by atoms with E-state index in [1.54, 1.807) is 6.08 Å². The van der Waals surface area contributed by atoms with E-state index in [1.807, 2.05) is 6.08 Å². The highest BCUT2D eigenvalue weighted by Crippen LogP contribution is 2.30. The van der Waals surface area contributed by atoms with Gasteiger partial charge in [0.25, 0.3) is 7.82 Å². The largest absolute Gasteiger partial charge is 0.756 e. The first-order chi connectivity index (χ1) is 20.3. The Labute approximate surface area is 259 Å². The average molecular weight is 617 g/mol. The molecule has 42 heavy (non-hydrogen) atoms. The fraction of sp³-hybridized carbons (Fsp3) is 0.912. The van der Waals surface area contributed by atoms with Gasteiger partial charge in [0.15, 0.2) is 0 Å². The van der Waals surface area contributed by atoms with Crippen LogP contribution in [-0.2, 0) is 13.9 Å². The van der Waals surface area contributed by atoms with Gasteiger partial charge in [0.1, 0.15) is 0 Å². The summed E-state index contributed by atoms with van der Waals surface area (Å²) in [5.41, 5.74) is 0. The van der Waals surface area contributed by atoms with Crippen molar-refractivity contribution < 1.29 is 28.8 Å². The zero-order valence-electron chi connectivity index (χ0n) is 27.4. The second-order valence-electron chi connectivity index (χ2n) is 12.2. The predicted molar refractivity (Wildman–Crippen MR) is 174 cm³/mol. The molecule has 0 aromatic carbocycles. The Kier molecular flexibility index (Phi) is 29.8. The SMILES string of the molecule is CCCCCCCCCCCCCC=C[C@@H](O)[C@H](COP(=O)([O-])O)NC(=O)CCCCCCCCCCCCCCC. The molecule has 0 aliphatic rings. The highest BCUT2D eigenvalue weighted by atomic mass is 31.2. The maximum atomic E-state index is 12.5. The summed E-state index contributed by atoms with van der Waals surface area (Å²) in [6.45, 7) is 3.98. The van der Waals surface area contributed by atoms with Gasteiger partial charge >= 0.3 is 0 Å². The van der Waals surface area contributed by atoms with Crippen LogP contribution >= 0.6 is 7.82 Å². The summed E-state index contributed by atoms with van der Waals surface area (Å²) in [6.07, 6.45) is 33.4. The van der Waals surface area contributed by atoms with Crippen molar-refractivity contribution in [2.75, 3.05) is 6.61 Å². The number of carbonyl (C=O) groups is 1. The van der Waals surface area contributed by atoms with E-state index in [0.717, 1.165) is 38.5 Å². The minimum absolute atomic E-state index is 0.247. The van der Waals surface area contributed by atoms with Crippen LogP contribution in [0.5, 0.6) is 0 Å². The molecule has 0 saturated heterocycles. The maximum Gasteiger partial charge on any atom is 0.265 e. The number of aliphatic hydroxyl groups is 1. The summed E-state index contributed by atoms with van der Waals surface area (Å²) in [5.74, 6) is -0.247. The lowest BCUT2D eigenvalue weighted by atomic mass is 10.0. The number of phosphoric ester groups is 1. The Morgan fingerprint density at radius 3 is 1.50 bits per heavy atom. The molecule has 0 heterocycles. The first kappa shape index (κ1) is 41.3. The Morgan fingerprint density at radius 2 is 1.10 bits per heavy atom. The van der Waals surface area contributed by atoms with Crippen molar-refractivity contribution in [2.24, 2.45) is 0 Å². The number of hydrogen-bond acceptors (Lipinski definition) is 5. The van der Waals surface area contributed by atoms with Gasteiger partial charge in [-0.15, -0.1) is 0 Å². The van der Waals surface area contributed by atoms with Crippen LogP contribution in [0.3, 0.4) is 0 Å². The number of nitrogens with one attached hydrogen (secondary N) is 1. The van der Waals surface area contributed by atoms with E-state index in [-0.39, 0.29) is 5.91 Å². The van der Waals surface area contributed by atoms with Crippen LogP contribution < -0.4 is 10.2 Å². The van der Waals surface area contributed by atoms with Crippen molar-refractivity contribution in [3.8, 4) is 0 Å². The highest BCUT2D eigenvalue weighted by molar-refractivity contribution is 7.44. The van der Waals surface area contributed by atoms with E-state index in [0.29, 0.717) is 6.42 Å². The number of hydrogen-bond donors (Lipinski definition) is 3. The molecule has 0 aliphatic carbocycles. The molecule has 0 fully saturated rings. The second kappa shape index (κ2) is 30.3. The van der Waals surface area contributed by atoms with Gasteiger partial charge in [-0.05, 0) is 19.3 Å². The molecule has 8 heteroatoms. The first-order valence-electron chi connectivity index (χ1n) is 17.6. The number of phosphoric acid groups is 1. The number of amides is 1. The van der Waals surface area contributed by atoms with Crippen LogP contribution in [0.2, 0.25) is 0 Å². The number of allylic oxidation sites excluding steroid dienone is 1. The lowest BCUT2D eigenvalue weighted by Crippen LogP contribution is -2.45. The Hall–Kier alpha value is -0.720. The van der Waals surface area contributed by atoms with Crippen LogP contribution in [0.25, 0.3) is 0 Å². The van der Waals surface area contributed by atoms with Crippen molar-refractivity contribution in [3.05, 3.63) is 12.2 Å². The van der Waals surface area contributed by atoms with E-state index < -0.39 is 26.6 Å². The summed E-state index contributed by atoms with van der Waals surface area (Å²) in [4.78, 5) is 32.5. The predicted octanol–water partition coefficient (Wildman–Crippen LogP) is 9.05. The highest BCUT2D eigenvalue weighted by Gasteiger charge is 2.21. The van der Waals surface area contributed by atoms with Gasteiger partial charge in [-0.3, -0.25) is 9.36 Å². The van der Waals surface area contributed by atoms with E-state index in [2.05, 4.69) is 23.7 Å². The van der Waals surface area contributed by atoms with Crippen LogP contribution in [-0.4, -0.2) is 34.7 Å². The molecule has 0 radical (unpaired) electrons. The second-order valence-corrected chi connectivity index (χ2v) is 13.4. The molecule has 0 rings (SSSR count). The average Bonchev–Trinajstić information content (AvgIpc) is 2.95. The van der Waals surface area contributed by atoms with Crippen molar-refractivity contribution in [2.45, 2.75) is 193 Å². The molecule has 0 spiro atoms. The molecule has 3 N–H and O–H groups in total. The van der Waals surface area contributed by atoms with E-state index in [1.165, 1.54) is 122 Å². The van der Waals surface area contributed by atoms with Crippen molar-refractivity contribution in [1.29, 1.82) is 0 Å². The van der Waals surface area contributed by atoms with Crippen LogP contribution in [0.1, 0.15) is 181 Å². The normalized spacial score (nSPS) is 14.7. The standard InChI is InChI=1S/C34H68NO6P/c1-3-5-7-9-11-13-15-17-19-21-23-25-27-29-33(36)32(31-41-42(38,39)40)35-34(37)30-28-26-24-22-20-18-16-14-12-10-8-6-4-2/h27,29,32-33,36H,3-26,28,30-31H2,1-2H3,(H,35,37)(H2,38,39,40)/p-1/t32-,33+/m0/s1. The van der Waals surface area contributed by atoms with Crippen LogP contribution in [0.15, 0.2) is 12.2 Å². The fourth-order valence-corrected chi connectivity index (χ4v) is 5.63. The Bertz CT molecular complexity index is 668. The number of carbonyl (C=O) groups excluding carboxylic acids is 1. The molecule has 0 bridgehead atoms. The van der Waals surface area contributed by atoms with Gasteiger partial charge in [0.2, 0.25) is 5.91 Å². The van der Waals surface area contributed by atoms with Gasteiger partial charge in [0.05, 0.1) is 18.8 Å². The lowest BCUT2D eigenvalue weighted by Gasteiger charge is -2.25. The lowest BCUT2D eigenvalue weighted by molar-refractivity contribution is -0.220. The molecular weight excluding hydrogens is 549 g/mol. The Balaban J connectivity index is 4.07. The molecule has 1 amide bonds. The summed E-state index contributed by atoms with van der Waals surface area (Å²) >= 11 is 0. The molecule has 1 unspecified atom stereocenters. The summed E-state index contributed by atoms with van der Waals surface area (Å²) in [6, 6.07) is -0.942. The number of aliphatic hydroxyl groups excluding tert-OH is 1. The van der Waals surface area contributed by atoms with Crippen LogP contribution in [0.4, 0.5) is 0 Å². The quantitative estimate of drug-likeness (QED) is 0.0394. The Morgan fingerprint density at radius 1 is 0.714 bits per heavy atom. The third-order valence-corrected chi connectivity index (χ3v) is 8.47. The van der Waals surface area contributed by atoms with Crippen molar-refractivity contribution in [1.82, 2.24) is 5.32 Å². The van der Waals surface area contributed by atoms with Gasteiger partial charge < -0.3 is 24.7 Å². The maximum absolute atomic E-state index is 12.5. The summed E-state index contributed by atoms with van der Waals surface area (Å²) < 4.78 is 15.6. The monoisotopic (exact) mass is 616 g/mol. The summed E-state index contributed by atoms with van der Waals surface area (Å²) in [7, 11) is -4.95. The third-order valence-electron chi connectivity index (χ3n) is 7.99. The van der Waals surface area contributed by atoms with Gasteiger partial charge in [-0.2, -0.15) is 0 Å². The van der Waals surface area contributed by atoms with Crippen molar-refractivity contribution >= 4 is 13.7 Å². The first-order valence-corrected chi connectivity index (χ1v) is 19.1. The molecule has 3 atom stereocenters. The molecule has 0 aromatic heterocycles. The number of rotatable bonds is 32.